The van der Waals surface area contributed by atoms with E-state index < -0.39 is 0 Å². The van der Waals surface area contributed by atoms with Crippen molar-refractivity contribution in [3.8, 4) is 0 Å². The average Bonchev–Trinajstić information content (AvgIpc) is 2.06. The van der Waals surface area contributed by atoms with E-state index in [-0.39, 0.29) is 5.43 Å². The molecule has 1 heterocycles. The molecule has 0 aliphatic heterocycles. The van der Waals surface area contributed by atoms with Crippen molar-refractivity contribution < 1.29 is 4.42 Å². The molecule has 1 aromatic carbocycles. The standard InChI is InChI=1S/C9H5O2/c10-8-5-6-11-9-4-2-1-3-7(8)9/h1-5H. The van der Waals surface area contributed by atoms with E-state index in [0.717, 1.165) is 0 Å². The van der Waals surface area contributed by atoms with Crippen molar-refractivity contribution >= 4 is 11.0 Å². The fraction of sp³-hybridized carbons (Fsp3) is 0. The first-order valence-corrected chi connectivity index (χ1v) is 3.27. The molecule has 11 heavy (non-hydrogen) atoms. The van der Waals surface area contributed by atoms with Crippen molar-refractivity contribution in [1.29, 1.82) is 0 Å². The van der Waals surface area contributed by atoms with Crippen molar-refractivity contribution in [2.24, 2.45) is 0 Å². The van der Waals surface area contributed by atoms with Crippen molar-refractivity contribution in [1.82, 2.24) is 0 Å². The van der Waals surface area contributed by atoms with Crippen molar-refractivity contribution in [3.63, 3.8) is 0 Å². The van der Waals surface area contributed by atoms with E-state index in [1.54, 1.807) is 18.2 Å². The number of rotatable bonds is 0. The highest BCUT2D eigenvalue weighted by Gasteiger charge is 1.95. The van der Waals surface area contributed by atoms with Gasteiger partial charge in [-0.25, -0.2) is 0 Å². The van der Waals surface area contributed by atoms with Gasteiger partial charge in [-0.3, -0.25) is 4.79 Å². The molecule has 0 bridgehead atoms. The molecule has 0 fully saturated rings. The maximum absolute atomic E-state index is 11.1. The van der Waals surface area contributed by atoms with Crippen molar-refractivity contribution in [3.05, 3.63) is 46.8 Å². The van der Waals surface area contributed by atoms with Crippen LogP contribution in [0.15, 0.2) is 39.5 Å². The van der Waals surface area contributed by atoms with Gasteiger partial charge >= 0.3 is 0 Å². The monoisotopic (exact) mass is 145 g/mol. The molecule has 0 atom stereocenters. The lowest BCUT2D eigenvalue weighted by Crippen LogP contribution is -1.96. The lowest BCUT2D eigenvalue weighted by atomic mass is 10.2. The summed E-state index contributed by atoms with van der Waals surface area (Å²) in [4.78, 5) is 11.1. The number of para-hydroxylation sites is 1. The van der Waals surface area contributed by atoms with Crippen LogP contribution < -0.4 is 5.43 Å². The lowest BCUT2D eigenvalue weighted by Gasteiger charge is -1.90. The topological polar surface area (TPSA) is 30.2 Å². The van der Waals surface area contributed by atoms with Gasteiger partial charge in [-0.1, -0.05) is 12.1 Å². The summed E-state index contributed by atoms with van der Waals surface area (Å²) in [6, 6.07) is 8.39. The number of hydrogen-bond acceptors (Lipinski definition) is 2. The molecule has 0 aliphatic carbocycles. The normalized spacial score (nSPS) is 10.2. The second-order valence-corrected chi connectivity index (χ2v) is 2.22. The van der Waals surface area contributed by atoms with Crippen LogP contribution in [0, 0.1) is 6.26 Å². The highest BCUT2D eigenvalue weighted by Crippen LogP contribution is 2.06. The summed E-state index contributed by atoms with van der Waals surface area (Å²) in [5, 5.41) is 0.603. The second-order valence-electron chi connectivity index (χ2n) is 2.22. The maximum atomic E-state index is 11.1. The predicted molar refractivity (Wildman–Crippen MR) is 41.3 cm³/mol. The molecule has 0 aliphatic rings. The Bertz CT molecular complexity index is 423. The minimum Gasteiger partial charge on any atom is -0.453 e. The van der Waals surface area contributed by atoms with Gasteiger partial charge in [0.15, 0.2) is 11.7 Å². The van der Waals surface area contributed by atoms with Crippen LogP contribution in [-0.4, -0.2) is 0 Å². The van der Waals surface area contributed by atoms with E-state index in [9.17, 15) is 4.79 Å². The zero-order chi connectivity index (χ0) is 7.68. The van der Waals surface area contributed by atoms with Crippen LogP contribution in [0.4, 0.5) is 0 Å². The third kappa shape index (κ3) is 0.923. The van der Waals surface area contributed by atoms with Crippen LogP contribution in [0.25, 0.3) is 11.0 Å². The van der Waals surface area contributed by atoms with Crippen LogP contribution in [0.5, 0.6) is 0 Å². The van der Waals surface area contributed by atoms with Crippen LogP contribution in [0.3, 0.4) is 0 Å². The number of fused-ring (bicyclic) bond motifs is 1. The van der Waals surface area contributed by atoms with E-state index in [2.05, 4.69) is 6.26 Å². The smallest absolute Gasteiger partial charge is 0.193 e. The van der Waals surface area contributed by atoms with E-state index in [1.807, 2.05) is 6.07 Å². The van der Waals surface area contributed by atoms with Gasteiger partial charge in [-0.15, -0.1) is 0 Å². The molecule has 0 amide bonds. The molecule has 0 saturated carbocycles. The van der Waals surface area contributed by atoms with Crippen molar-refractivity contribution in [2.75, 3.05) is 0 Å². The van der Waals surface area contributed by atoms with E-state index in [4.69, 9.17) is 4.42 Å². The van der Waals surface area contributed by atoms with E-state index >= 15 is 0 Å². The Morgan fingerprint density at radius 1 is 1.27 bits per heavy atom. The molecule has 0 unspecified atom stereocenters. The zero-order valence-corrected chi connectivity index (χ0v) is 5.70. The first-order chi connectivity index (χ1) is 5.38. The van der Waals surface area contributed by atoms with Crippen LogP contribution in [0.2, 0.25) is 0 Å². The largest absolute Gasteiger partial charge is 0.453 e. The molecule has 0 N–H and O–H groups in total. The van der Waals surface area contributed by atoms with Gasteiger partial charge in [0, 0.05) is 6.07 Å². The summed E-state index contributed by atoms with van der Waals surface area (Å²) in [5.74, 6) is 0. The van der Waals surface area contributed by atoms with Gasteiger partial charge in [-0.05, 0) is 12.1 Å². The Morgan fingerprint density at radius 3 is 2.91 bits per heavy atom. The molecule has 2 rings (SSSR count). The third-order valence-electron chi connectivity index (χ3n) is 1.51. The minimum atomic E-state index is -0.0492. The zero-order valence-electron chi connectivity index (χ0n) is 5.70. The molecule has 1 radical (unpaired) electrons. The highest BCUT2D eigenvalue weighted by molar-refractivity contribution is 5.75. The van der Waals surface area contributed by atoms with Gasteiger partial charge in [0.25, 0.3) is 0 Å². The van der Waals surface area contributed by atoms with E-state index in [1.165, 1.54) is 6.07 Å². The summed E-state index contributed by atoms with van der Waals surface area (Å²) in [7, 11) is 0. The Morgan fingerprint density at radius 2 is 2.09 bits per heavy atom. The summed E-state index contributed by atoms with van der Waals surface area (Å²) >= 11 is 0. The SMILES string of the molecule is O=c1c[c]oc2ccccc12. The molecular weight excluding hydrogens is 140 g/mol. The van der Waals surface area contributed by atoms with Gasteiger partial charge in [0.2, 0.25) is 0 Å². The van der Waals surface area contributed by atoms with Gasteiger partial charge in [0.05, 0.1) is 5.39 Å². The lowest BCUT2D eigenvalue weighted by molar-refractivity contribution is 0.592. The Kier molecular flexibility index (Phi) is 1.25. The summed E-state index contributed by atoms with van der Waals surface area (Å²) in [6.45, 7) is 0. The molecule has 1 aromatic heterocycles. The molecular formula is C9H5O2. The van der Waals surface area contributed by atoms with Crippen LogP contribution >= 0.6 is 0 Å². The first-order valence-electron chi connectivity index (χ1n) is 3.27. The third-order valence-corrected chi connectivity index (χ3v) is 1.51. The fourth-order valence-corrected chi connectivity index (χ4v) is 0.983. The second kappa shape index (κ2) is 2.23. The van der Waals surface area contributed by atoms with E-state index in [0.29, 0.717) is 11.0 Å². The molecule has 2 nitrogen and oxygen atoms in total. The molecule has 53 valence electrons. The molecule has 0 spiro atoms. The highest BCUT2D eigenvalue weighted by atomic mass is 16.3. The van der Waals surface area contributed by atoms with Gasteiger partial charge in [-0.2, -0.15) is 0 Å². The number of benzene rings is 1. The summed E-state index contributed by atoms with van der Waals surface area (Å²) < 4.78 is 4.97. The van der Waals surface area contributed by atoms with Gasteiger partial charge < -0.3 is 4.42 Å². The minimum absolute atomic E-state index is 0.0492. The molecule has 2 heteroatoms. The first kappa shape index (κ1) is 6.16. The van der Waals surface area contributed by atoms with Crippen LogP contribution in [-0.2, 0) is 0 Å². The average molecular weight is 145 g/mol. The number of hydrogen-bond donors (Lipinski definition) is 0. The van der Waals surface area contributed by atoms with Gasteiger partial charge in [0.1, 0.15) is 5.58 Å². The maximum Gasteiger partial charge on any atom is 0.193 e. The van der Waals surface area contributed by atoms with Crippen molar-refractivity contribution in [2.45, 2.75) is 0 Å². The summed E-state index contributed by atoms with van der Waals surface area (Å²) in [6.07, 6.45) is 2.42. The van der Waals surface area contributed by atoms with Crippen LogP contribution in [0.1, 0.15) is 0 Å². The summed E-state index contributed by atoms with van der Waals surface area (Å²) in [5.41, 5.74) is 0.534. The Balaban J connectivity index is 3.03. The Hall–Kier alpha value is -1.57. The molecule has 2 aromatic rings. The quantitative estimate of drug-likeness (QED) is 0.563. The molecule has 0 saturated heterocycles. The Labute approximate surface area is 63.1 Å². The fourth-order valence-electron chi connectivity index (χ4n) is 0.983. The predicted octanol–water partition coefficient (Wildman–Crippen LogP) is 1.59.